The molecule has 21 heavy (non-hydrogen) atoms. The van der Waals surface area contributed by atoms with E-state index in [0.717, 1.165) is 24.3 Å². The fourth-order valence-corrected chi connectivity index (χ4v) is 1.41. The van der Waals surface area contributed by atoms with Crippen molar-refractivity contribution in [2.75, 3.05) is 12.3 Å². The predicted octanol–water partition coefficient (Wildman–Crippen LogP) is -0.927. The van der Waals surface area contributed by atoms with E-state index in [0.29, 0.717) is 12.3 Å². The van der Waals surface area contributed by atoms with Crippen LogP contribution in [0.25, 0.3) is 0 Å². The number of rotatable bonds is 4. The molecule has 0 atom stereocenters. The van der Waals surface area contributed by atoms with E-state index in [1.807, 2.05) is 0 Å². The normalized spacial score (nSPS) is 9.29. The molecular formula is C12H14O6PZn2+. The molecule has 0 saturated carbocycles. The zero-order valence-corrected chi connectivity index (χ0v) is 18.9. The van der Waals surface area contributed by atoms with E-state index in [2.05, 4.69) is 0 Å². The molecule has 0 heterocycles. The van der Waals surface area contributed by atoms with Gasteiger partial charge in [-0.15, -0.1) is 0 Å². The number of carbonyl (C=O) groups is 2. The Balaban J connectivity index is -0.000000317. The van der Waals surface area contributed by atoms with Gasteiger partial charge in [0.05, 0.1) is 11.9 Å². The van der Waals surface area contributed by atoms with Crippen molar-refractivity contribution in [3.8, 4) is 0 Å². The number of benzene rings is 1. The van der Waals surface area contributed by atoms with Crippen LogP contribution in [-0.2, 0) is 43.5 Å². The first-order valence-electron chi connectivity index (χ1n) is 5.55. The molecule has 1 rings (SSSR count). The van der Waals surface area contributed by atoms with Crippen LogP contribution in [0.4, 0.5) is 0 Å². The van der Waals surface area contributed by atoms with Crippen LogP contribution >= 0.6 is 7.37 Å². The molecule has 0 bridgehead atoms. The number of hydrogen-bond donors (Lipinski definition) is 0. The average molecular weight is 416 g/mol. The van der Waals surface area contributed by atoms with Crippen molar-refractivity contribution in [1.82, 2.24) is 0 Å². The van der Waals surface area contributed by atoms with Gasteiger partial charge in [0.25, 0.3) is 0 Å². The average Bonchev–Trinajstić information content (AvgIpc) is 2.39. The third-order valence-electron chi connectivity index (χ3n) is 2.32. The van der Waals surface area contributed by atoms with Gasteiger partial charge >= 0.3 is 39.0 Å². The van der Waals surface area contributed by atoms with Crippen LogP contribution in [-0.4, -0.2) is 24.3 Å². The van der Waals surface area contributed by atoms with Crippen molar-refractivity contribution < 1.29 is 68.2 Å². The molecule has 6 nitrogen and oxygen atoms in total. The van der Waals surface area contributed by atoms with E-state index >= 15 is 0 Å². The topological polar surface area (TPSA) is 120 Å². The molecule has 0 saturated heterocycles. The summed E-state index contributed by atoms with van der Waals surface area (Å²) in [4.78, 5) is 30.8. The van der Waals surface area contributed by atoms with E-state index in [1.54, 1.807) is 13.8 Å². The summed E-state index contributed by atoms with van der Waals surface area (Å²) in [7, 11) is -2.90. The molecule has 0 aliphatic heterocycles. The van der Waals surface area contributed by atoms with Crippen LogP contribution in [0.3, 0.4) is 0 Å². The molecule has 0 aromatic heterocycles. The molecule has 0 fully saturated rings. The zero-order valence-electron chi connectivity index (χ0n) is 12.0. The maximum Gasteiger partial charge on any atom is 2.00 e. The van der Waals surface area contributed by atoms with Crippen LogP contribution in [0.5, 0.6) is 0 Å². The van der Waals surface area contributed by atoms with Crippen molar-refractivity contribution in [1.29, 1.82) is 0 Å². The van der Waals surface area contributed by atoms with Gasteiger partial charge in [0.15, 0.2) is 0 Å². The van der Waals surface area contributed by atoms with Crippen LogP contribution in [0.15, 0.2) is 24.3 Å². The van der Waals surface area contributed by atoms with E-state index < -0.39 is 19.3 Å². The first-order valence-corrected chi connectivity index (χ1v) is 7.54. The minimum atomic E-state index is -2.90. The predicted molar refractivity (Wildman–Crippen MR) is 63.8 cm³/mol. The fourth-order valence-electron chi connectivity index (χ4n) is 0.966. The Morgan fingerprint density at radius 2 is 1.14 bits per heavy atom. The van der Waals surface area contributed by atoms with Crippen LogP contribution in [0.2, 0.25) is 0 Å². The number of hydrogen-bond acceptors (Lipinski definition) is 6. The molecule has 0 radical (unpaired) electrons. The summed E-state index contributed by atoms with van der Waals surface area (Å²) < 4.78 is 10.4. The number of carboxylic acid groups (broad SMARTS) is 2. The molecular weight excluding hydrogens is 402 g/mol. The summed E-state index contributed by atoms with van der Waals surface area (Å²) in [5.74, 6) is -2.67. The Morgan fingerprint density at radius 1 is 0.905 bits per heavy atom. The van der Waals surface area contributed by atoms with Gasteiger partial charge in [-0.3, -0.25) is 0 Å². The van der Waals surface area contributed by atoms with Gasteiger partial charge in [-0.1, -0.05) is 38.1 Å². The monoisotopic (exact) mass is 413 g/mol. The van der Waals surface area contributed by atoms with Gasteiger partial charge in [0.1, 0.15) is 0 Å². The van der Waals surface area contributed by atoms with Crippen molar-refractivity contribution in [3.05, 3.63) is 35.4 Å². The molecule has 0 N–H and O–H groups in total. The maximum absolute atomic E-state index is 10.4. The molecule has 1 aromatic rings. The zero-order chi connectivity index (χ0) is 15.1. The minimum absolute atomic E-state index is 0. The Morgan fingerprint density at radius 3 is 1.24 bits per heavy atom. The van der Waals surface area contributed by atoms with Crippen molar-refractivity contribution in [2.24, 2.45) is 0 Å². The summed E-state index contributed by atoms with van der Waals surface area (Å²) >= 11 is 0. The largest absolute Gasteiger partial charge is 2.00 e. The van der Waals surface area contributed by atoms with Crippen molar-refractivity contribution >= 4 is 19.3 Å². The number of carbonyl (C=O) groups excluding carboxylic acids is 2. The van der Waals surface area contributed by atoms with Gasteiger partial charge in [0, 0.05) is 7.37 Å². The Kier molecular flexibility index (Phi) is 14.8. The fraction of sp³-hybridized carbons (Fsp3) is 0.333. The van der Waals surface area contributed by atoms with Crippen LogP contribution < -0.4 is 15.1 Å². The minimum Gasteiger partial charge on any atom is -0.799 e. The van der Waals surface area contributed by atoms with Crippen molar-refractivity contribution in [3.63, 3.8) is 0 Å². The summed E-state index contributed by atoms with van der Waals surface area (Å²) in [5, 5.41) is 20.4. The second-order valence-electron chi connectivity index (χ2n) is 3.60. The molecule has 0 unspecified atom stereocenters. The summed E-state index contributed by atoms with van der Waals surface area (Å²) in [5.41, 5.74) is -0.111. The van der Waals surface area contributed by atoms with E-state index in [9.17, 15) is 29.3 Å². The smallest absolute Gasteiger partial charge is 0.799 e. The van der Waals surface area contributed by atoms with Crippen LogP contribution in [0, 0.1) is 0 Å². The first kappa shape index (κ1) is 25.5. The quantitative estimate of drug-likeness (QED) is 0.462. The summed E-state index contributed by atoms with van der Waals surface area (Å²) in [6, 6.07) is 4.61. The van der Waals surface area contributed by atoms with Gasteiger partial charge in [0.2, 0.25) is 0 Å². The molecule has 0 aliphatic rings. The molecule has 9 heteroatoms. The van der Waals surface area contributed by atoms with E-state index in [1.165, 1.54) is 0 Å². The van der Waals surface area contributed by atoms with Gasteiger partial charge in [-0.2, -0.15) is 0 Å². The molecule has 1 aromatic carbocycles. The number of carboxylic acids is 2. The molecule has 106 valence electrons. The van der Waals surface area contributed by atoms with E-state index in [-0.39, 0.29) is 50.1 Å². The summed E-state index contributed by atoms with van der Waals surface area (Å²) in [6.07, 6.45) is 0.590. The maximum atomic E-state index is 10.4. The Labute approximate surface area is 148 Å². The van der Waals surface area contributed by atoms with Gasteiger partial charge < -0.3 is 29.3 Å². The molecule has 0 spiro atoms. The second-order valence-corrected chi connectivity index (χ2v) is 6.49. The van der Waals surface area contributed by atoms with Gasteiger partial charge in [-0.05, 0) is 23.5 Å². The van der Waals surface area contributed by atoms with Gasteiger partial charge in [-0.25, -0.2) is 0 Å². The standard InChI is InChI=1S/C8H6O4.C4H11O2P.2Zn/c9-7(10)5-1-2-6(4-3-5)8(11)12;1-3-7(5,6)4-2;;/h1-4H,(H,9,10)(H,11,12);3-4H2,1-2H3,(H,5,6);;/q;;2*+2/p-3. The van der Waals surface area contributed by atoms with E-state index in [4.69, 9.17) is 0 Å². The Hall–Kier alpha value is -0.403. The second kappa shape index (κ2) is 12.2. The SMILES string of the molecule is CCP(=O)([O-])CC.O=C([O-])c1ccc(C(=O)[O-])cc1.[Zn+2].[Zn+2]. The van der Waals surface area contributed by atoms with Crippen LogP contribution in [0.1, 0.15) is 34.6 Å². The summed E-state index contributed by atoms with van der Waals surface area (Å²) in [6.45, 7) is 3.33. The molecule has 0 aliphatic carbocycles. The first-order chi connectivity index (χ1) is 8.73. The van der Waals surface area contributed by atoms with Crippen molar-refractivity contribution in [2.45, 2.75) is 13.8 Å². The Bertz CT molecular complexity index is 448. The number of aromatic carboxylic acids is 2. The third-order valence-corrected chi connectivity index (χ3v) is 4.25. The molecule has 0 amide bonds. The third kappa shape index (κ3) is 10.9.